The van der Waals surface area contributed by atoms with E-state index < -0.39 is 0 Å². The molecule has 1 fully saturated rings. The van der Waals surface area contributed by atoms with E-state index in [4.69, 9.17) is 10.5 Å². The van der Waals surface area contributed by atoms with Crippen LogP contribution in [0.5, 0.6) is 0 Å². The Bertz CT molecular complexity index is 355. The molecule has 0 spiro atoms. The van der Waals surface area contributed by atoms with Crippen molar-refractivity contribution in [3.05, 3.63) is 10.8 Å². The molecule has 2 rings (SSSR count). The zero-order chi connectivity index (χ0) is 11.4. The van der Waals surface area contributed by atoms with Crippen LogP contribution in [0.1, 0.15) is 19.3 Å². The summed E-state index contributed by atoms with van der Waals surface area (Å²) >= 11 is 3.35. The van der Waals surface area contributed by atoms with Gasteiger partial charge in [0.1, 0.15) is 22.4 Å². The van der Waals surface area contributed by atoms with E-state index in [2.05, 4.69) is 31.2 Å². The number of hydrogen-bond donors (Lipinski definition) is 2. The SMILES string of the molecule is Nc1ncnc(NCC2CCCCO2)c1Br. The van der Waals surface area contributed by atoms with Crippen LogP contribution >= 0.6 is 15.9 Å². The summed E-state index contributed by atoms with van der Waals surface area (Å²) in [5.74, 6) is 1.17. The van der Waals surface area contributed by atoms with Crippen molar-refractivity contribution in [2.45, 2.75) is 25.4 Å². The predicted molar refractivity (Wildman–Crippen MR) is 66.2 cm³/mol. The Labute approximate surface area is 103 Å². The van der Waals surface area contributed by atoms with Gasteiger partial charge in [-0.3, -0.25) is 0 Å². The maximum Gasteiger partial charge on any atom is 0.146 e. The largest absolute Gasteiger partial charge is 0.383 e. The Morgan fingerprint density at radius 2 is 2.38 bits per heavy atom. The van der Waals surface area contributed by atoms with Crippen molar-refractivity contribution < 1.29 is 4.74 Å². The number of anilines is 2. The quantitative estimate of drug-likeness (QED) is 0.887. The monoisotopic (exact) mass is 286 g/mol. The molecular formula is C10H15BrN4O. The fourth-order valence-electron chi connectivity index (χ4n) is 1.69. The average Bonchev–Trinajstić information content (AvgIpc) is 2.32. The number of halogens is 1. The van der Waals surface area contributed by atoms with Crippen molar-refractivity contribution in [3.63, 3.8) is 0 Å². The Kier molecular flexibility index (Phi) is 3.95. The van der Waals surface area contributed by atoms with Gasteiger partial charge < -0.3 is 15.8 Å². The standard InChI is InChI=1S/C10H15BrN4O/c11-8-9(12)14-6-15-10(8)13-5-7-3-1-2-4-16-7/h6-7H,1-5H2,(H3,12,13,14,15). The van der Waals surface area contributed by atoms with E-state index in [1.807, 2.05) is 0 Å². The van der Waals surface area contributed by atoms with Crippen molar-refractivity contribution in [1.29, 1.82) is 0 Å². The highest BCUT2D eigenvalue weighted by Gasteiger charge is 2.14. The molecule has 1 atom stereocenters. The van der Waals surface area contributed by atoms with Crippen LogP contribution in [0.25, 0.3) is 0 Å². The van der Waals surface area contributed by atoms with Gasteiger partial charge in [0.2, 0.25) is 0 Å². The molecule has 1 saturated heterocycles. The molecule has 0 radical (unpaired) electrons. The van der Waals surface area contributed by atoms with Gasteiger partial charge in [0.05, 0.1) is 6.10 Å². The second-order valence-electron chi connectivity index (χ2n) is 3.79. The summed E-state index contributed by atoms with van der Waals surface area (Å²) in [4.78, 5) is 8.00. The summed E-state index contributed by atoms with van der Waals surface area (Å²) < 4.78 is 6.33. The number of nitrogens with two attached hydrogens (primary N) is 1. The molecule has 1 aromatic rings. The highest BCUT2D eigenvalue weighted by molar-refractivity contribution is 9.10. The van der Waals surface area contributed by atoms with Gasteiger partial charge in [-0.25, -0.2) is 9.97 Å². The summed E-state index contributed by atoms with van der Waals surface area (Å²) in [5, 5.41) is 3.22. The molecule has 0 amide bonds. The lowest BCUT2D eigenvalue weighted by molar-refractivity contribution is 0.0247. The first-order valence-corrected chi connectivity index (χ1v) is 6.18. The molecule has 5 nitrogen and oxygen atoms in total. The number of hydrogen-bond acceptors (Lipinski definition) is 5. The third kappa shape index (κ3) is 2.82. The number of nitrogens with zero attached hydrogens (tertiary/aromatic N) is 2. The van der Waals surface area contributed by atoms with E-state index in [9.17, 15) is 0 Å². The van der Waals surface area contributed by atoms with E-state index >= 15 is 0 Å². The highest BCUT2D eigenvalue weighted by Crippen LogP contribution is 2.24. The molecule has 2 heterocycles. The van der Waals surface area contributed by atoms with Crippen molar-refractivity contribution in [3.8, 4) is 0 Å². The van der Waals surface area contributed by atoms with E-state index in [0.717, 1.165) is 25.4 Å². The van der Waals surface area contributed by atoms with Gasteiger partial charge >= 0.3 is 0 Å². The molecule has 0 aliphatic carbocycles. The molecule has 1 aromatic heterocycles. The Hall–Kier alpha value is -0.880. The smallest absolute Gasteiger partial charge is 0.146 e. The van der Waals surface area contributed by atoms with Gasteiger partial charge in [0.15, 0.2) is 0 Å². The molecular weight excluding hydrogens is 272 g/mol. The molecule has 1 aliphatic heterocycles. The van der Waals surface area contributed by atoms with Crippen LogP contribution in [0.3, 0.4) is 0 Å². The van der Waals surface area contributed by atoms with Crippen molar-refractivity contribution in [2.24, 2.45) is 0 Å². The molecule has 3 N–H and O–H groups in total. The average molecular weight is 287 g/mol. The maximum absolute atomic E-state index is 5.66. The second-order valence-corrected chi connectivity index (χ2v) is 4.58. The Balaban J connectivity index is 1.91. The Morgan fingerprint density at radius 1 is 1.50 bits per heavy atom. The van der Waals surface area contributed by atoms with E-state index in [1.54, 1.807) is 0 Å². The summed E-state index contributed by atoms with van der Waals surface area (Å²) in [7, 11) is 0. The van der Waals surface area contributed by atoms with Crippen molar-refractivity contribution in [2.75, 3.05) is 24.2 Å². The minimum Gasteiger partial charge on any atom is -0.383 e. The van der Waals surface area contributed by atoms with Gasteiger partial charge in [-0.2, -0.15) is 0 Å². The molecule has 1 unspecified atom stereocenters. The first-order valence-electron chi connectivity index (χ1n) is 5.39. The van der Waals surface area contributed by atoms with Gasteiger partial charge in [-0.15, -0.1) is 0 Å². The lowest BCUT2D eigenvalue weighted by atomic mass is 10.1. The van der Waals surface area contributed by atoms with Crippen LogP contribution < -0.4 is 11.1 Å². The minimum absolute atomic E-state index is 0.275. The number of nitrogen functional groups attached to an aromatic ring is 1. The van der Waals surface area contributed by atoms with Gasteiger partial charge in [-0.1, -0.05) is 0 Å². The zero-order valence-corrected chi connectivity index (χ0v) is 10.5. The van der Waals surface area contributed by atoms with Crippen LogP contribution in [0.15, 0.2) is 10.8 Å². The van der Waals surface area contributed by atoms with Gasteiger partial charge in [0, 0.05) is 13.2 Å². The van der Waals surface area contributed by atoms with Crippen molar-refractivity contribution >= 4 is 27.6 Å². The maximum atomic E-state index is 5.66. The van der Waals surface area contributed by atoms with Crippen LogP contribution in [0.4, 0.5) is 11.6 Å². The molecule has 1 aliphatic rings. The minimum atomic E-state index is 0.275. The summed E-state index contributed by atoms with van der Waals surface area (Å²) in [5.41, 5.74) is 5.66. The molecule has 6 heteroatoms. The zero-order valence-electron chi connectivity index (χ0n) is 8.95. The normalized spacial score (nSPS) is 20.7. The lowest BCUT2D eigenvalue weighted by Crippen LogP contribution is -2.27. The third-order valence-corrected chi connectivity index (χ3v) is 3.37. The first kappa shape index (κ1) is 11.6. The molecule has 88 valence electrons. The van der Waals surface area contributed by atoms with Crippen LogP contribution in [-0.2, 0) is 4.74 Å². The van der Waals surface area contributed by atoms with Gasteiger partial charge in [0.25, 0.3) is 0 Å². The molecule has 0 bridgehead atoms. The summed E-state index contributed by atoms with van der Waals surface area (Å²) in [6.45, 7) is 1.62. The summed E-state index contributed by atoms with van der Waals surface area (Å²) in [6.07, 6.45) is 5.23. The Morgan fingerprint density at radius 3 is 3.12 bits per heavy atom. The fourth-order valence-corrected chi connectivity index (χ4v) is 2.03. The molecule has 0 saturated carbocycles. The number of aromatic nitrogens is 2. The van der Waals surface area contributed by atoms with E-state index in [0.29, 0.717) is 10.3 Å². The van der Waals surface area contributed by atoms with E-state index in [-0.39, 0.29) is 6.10 Å². The highest BCUT2D eigenvalue weighted by atomic mass is 79.9. The lowest BCUT2D eigenvalue weighted by Gasteiger charge is -2.23. The van der Waals surface area contributed by atoms with Crippen molar-refractivity contribution in [1.82, 2.24) is 9.97 Å². The topological polar surface area (TPSA) is 73.1 Å². The number of ether oxygens (including phenoxy) is 1. The second kappa shape index (κ2) is 5.45. The van der Waals surface area contributed by atoms with Crippen LogP contribution in [0.2, 0.25) is 0 Å². The number of nitrogens with one attached hydrogen (secondary N) is 1. The number of rotatable bonds is 3. The summed E-state index contributed by atoms with van der Waals surface area (Å²) in [6, 6.07) is 0. The fraction of sp³-hybridized carbons (Fsp3) is 0.600. The predicted octanol–water partition coefficient (Wildman–Crippen LogP) is 1.80. The molecule has 0 aromatic carbocycles. The van der Waals surface area contributed by atoms with E-state index in [1.165, 1.54) is 19.2 Å². The van der Waals surface area contributed by atoms with Gasteiger partial charge in [-0.05, 0) is 35.2 Å². The molecule has 16 heavy (non-hydrogen) atoms. The first-order chi connectivity index (χ1) is 7.77. The van der Waals surface area contributed by atoms with Crippen LogP contribution in [0, 0.1) is 0 Å². The van der Waals surface area contributed by atoms with Crippen LogP contribution in [-0.4, -0.2) is 29.2 Å². The third-order valence-electron chi connectivity index (χ3n) is 2.59.